The van der Waals surface area contributed by atoms with E-state index in [-0.39, 0.29) is 5.91 Å². The van der Waals surface area contributed by atoms with Crippen LogP contribution in [0.3, 0.4) is 0 Å². The maximum absolute atomic E-state index is 12.6. The molecule has 130 valence electrons. The fraction of sp³-hybridized carbons (Fsp3) is 0.136. The van der Waals surface area contributed by atoms with Crippen molar-refractivity contribution in [3.05, 3.63) is 72.4 Å². The summed E-state index contributed by atoms with van der Waals surface area (Å²) in [6.45, 7) is 0. The van der Waals surface area contributed by atoms with Crippen LogP contribution in [0.5, 0.6) is 5.75 Å². The molecular weight excluding hydrogens is 324 g/mol. The van der Waals surface area contributed by atoms with Gasteiger partial charge in [0.05, 0.1) is 13.5 Å². The number of hydrogen-bond donors (Lipinski definition) is 1. The molecule has 0 unspecified atom stereocenters. The van der Waals surface area contributed by atoms with E-state index in [1.807, 2.05) is 72.4 Å². The summed E-state index contributed by atoms with van der Waals surface area (Å²) in [5.41, 5.74) is 2.88. The van der Waals surface area contributed by atoms with Crippen molar-refractivity contribution in [1.29, 1.82) is 0 Å². The van der Waals surface area contributed by atoms with E-state index >= 15 is 0 Å². The Bertz CT molecular complexity index is 1110. The quantitative estimate of drug-likeness (QED) is 0.591. The summed E-state index contributed by atoms with van der Waals surface area (Å²) in [4.78, 5) is 12.6. The fourth-order valence-electron chi connectivity index (χ4n) is 3.37. The molecule has 1 amide bonds. The van der Waals surface area contributed by atoms with E-state index in [0.29, 0.717) is 6.42 Å². The lowest BCUT2D eigenvalue weighted by Gasteiger charge is -2.07. The number of nitrogens with one attached hydrogen (secondary N) is 1. The van der Waals surface area contributed by atoms with Crippen molar-refractivity contribution in [1.82, 2.24) is 4.57 Å². The molecule has 4 nitrogen and oxygen atoms in total. The molecule has 0 aliphatic rings. The van der Waals surface area contributed by atoms with Crippen LogP contribution >= 0.6 is 0 Å². The molecule has 0 fully saturated rings. The van der Waals surface area contributed by atoms with Crippen molar-refractivity contribution >= 4 is 33.3 Å². The van der Waals surface area contributed by atoms with Gasteiger partial charge >= 0.3 is 0 Å². The SMILES string of the molecule is COc1ccc2c(c1)c(CC(=O)Nc1ccc3ccccc3c1)cn2C. The molecule has 0 saturated heterocycles. The molecule has 0 bridgehead atoms. The Balaban J connectivity index is 1.58. The molecule has 3 aromatic carbocycles. The number of rotatable bonds is 4. The number of nitrogens with zero attached hydrogens (tertiary/aromatic N) is 1. The summed E-state index contributed by atoms with van der Waals surface area (Å²) in [6.07, 6.45) is 2.32. The Morgan fingerprint density at radius 2 is 1.85 bits per heavy atom. The van der Waals surface area contributed by atoms with Crippen molar-refractivity contribution in [2.45, 2.75) is 6.42 Å². The van der Waals surface area contributed by atoms with Gasteiger partial charge in [0, 0.05) is 29.8 Å². The van der Waals surface area contributed by atoms with Crippen LogP contribution in [0.25, 0.3) is 21.7 Å². The smallest absolute Gasteiger partial charge is 0.228 e. The number of ether oxygens (including phenoxy) is 1. The minimum absolute atomic E-state index is 0.0319. The van der Waals surface area contributed by atoms with Gasteiger partial charge in [-0.3, -0.25) is 4.79 Å². The van der Waals surface area contributed by atoms with E-state index in [4.69, 9.17) is 4.74 Å². The van der Waals surface area contributed by atoms with Crippen LogP contribution < -0.4 is 10.1 Å². The molecular formula is C22H20N2O2. The average Bonchev–Trinajstić information content (AvgIpc) is 2.96. The maximum atomic E-state index is 12.6. The molecule has 26 heavy (non-hydrogen) atoms. The third kappa shape index (κ3) is 3.02. The van der Waals surface area contributed by atoms with Crippen molar-refractivity contribution in [2.75, 3.05) is 12.4 Å². The van der Waals surface area contributed by atoms with Crippen LogP contribution in [0.1, 0.15) is 5.56 Å². The summed E-state index contributed by atoms with van der Waals surface area (Å²) in [5.74, 6) is 0.760. The zero-order valence-corrected chi connectivity index (χ0v) is 14.8. The number of carbonyl (C=O) groups excluding carboxylic acids is 1. The molecule has 0 saturated carbocycles. The number of carbonyl (C=O) groups is 1. The number of methoxy groups -OCH3 is 1. The Morgan fingerprint density at radius 1 is 1.04 bits per heavy atom. The lowest BCUT2D eigenvalue weighted by Crippen LogP contribution is -2.14. The highest BCUT2D eigenvalue weighted by atomic mass is 16.5. The monoisotopic (exact) mass is 344 g/mol. The van der Waals surface area contributed by atoms with Gasteiger partial charge in [-0.1, -0.05) is 30.3 Å². The largest absolute Gasteiger partial charge is 0.497 e. The number of hydrogen-bond acceptors (Lipinski definition) is 2. The lowest BCUT2D eigenvalue weighted by molar-refractivity contribution is -0.115. The van der Waals surface area contributed by atoms with Crippen molar-refractivity contribution in [3.63, 3.8) is 0 Å². The van der Waals surface area contributed by atoms with Crippen molar-refractivity contribution in [2.24, 2.45) is 7.05 Å². The molecule has 1 aromatic heterocycles. The molecule has 0 aliphatic heterocycles. The highest BCUT2D eigenvalue weighted by Crippen LogP contribution is 2.26. The summed E-state index contributed by atoms with van der Waals surface area (Å²) in [5, 5.41) is 6.32. The van der Waals surface area contributed by atoms with Crippen molar-refractivity contribution < 1.29 is 9.53 Å². The Kier molecular flexibility index (Phi) is 4.09. The first kappa shape index (κ1) is 16.2. The van der Waals surface area contributed by atoms with Gasteiger partial charge < -0.3 is 14.6 Å². The van der Waals surface area contributed by atoms with Crippen LogP contribution in [-0.2, 0) is 18.3 Å². The fourth-order valence-corrected chi connectivity index (χ4v) is 3.37. The molecule has 4 aromatic rings. The van der Waals surface area contributed by atoms with Crippen LogP contribution in [0.2, 0.25) is 0 Å². The van der Waals surface area contributed by atoms with Gasteiger partial charge in [-0.2, -0.15) is 0 Å². The maximum Gasteiger partial charge on any atom is 0.228 e. The molecule has 0 spiro atoms. The van der Waals surface area contributed by atoms with Crippen LogP contribution in [0, 0.1) is 0 Å². The lowest BCUT2D eigenvalue weighted by atomic mass is 10.1. The third-order valence-electron chi connectivity index (χ3n) is 4.66. The number of amides is 1. The Morgan fingerprint density at radius 3 is 2.65 bits per heavy atom. The summed E-state index contributed by atoms with van der Waals surface area (Å²) in [7, 11) is 3.63. The van der Waals surface area contributed by atoms with Gasteiger partial charge in [0.2, 0.25) is 5.91 Å². The van der Waals surface area contributed by atoms with Gasteiger partial charge in [0.25, 0.3) is 0 Å². The minimum atomic E-state index is -0.0319. The summed E-state index contributed by atoms with van der Waals surface area (Å²) < 4.78 is 7.35. The van der Waals surface area contributed by atoms with E-state index in [1.165, 1.54) is 0 Å². The van der Waals surface area contributed by atoms with Crippen molar-refractivity contribution in [3.8, 4) is 5.75 Å². The molecule has 1 N–H and O–H groups in total. The zero-order valence-electron chi connectivity index (χ0n) is 14.8. The second-order valence-electron chi connectivity index (χ2n) is 6.44. The van der Waals surface area contributed by atoms with E-state index in [1.54, 1.807) is 7.11 Å². The van der Waals surface area contributed by atoms with Gasteiger partial charge in [-0.05, 0) is 46.7 Å². The van der Waals surface area contributed by atoms with E-state index in [2.05, 4.69) is 11.4 Å². The molecule has 0 radical (unpaired) electrons. The van der Waals surface area contributed by atoms with Crippen LogP contribution in [0.4, 0.5) is 5.69 Å². The van der Waals surface area contributed by atoms with Crippen LogP contribution in [-0.4, -0.2) is 17.6 Å². The first-order chi connectivity index (χ1) is 12.6. The second-order valence-corrected chi connectivity index (χ2v) is 6.44. The molecule has 0 atom stereocenters. The van der Waals surface area contributed by atoms with Gasteiger partial charge in [0.1, 0.15) is 5.75 Å². The molecule has 4 rings (SSSR count). The zero-order chi connectivity index (χ0) is 18.1. The van der Waals surface area contributed by atoms with Crippen LogP contribution in [0.15, 0.2) is 66.9 Å². The second kappa shape index (κ2) is 6.56. The average molecular weight is 344 g/mol. The predicted octanol–water partition coefficient (Wildman–Crippen LogP) is 4.52. The van der Waals surface area contributed by atoms with Gasteiger partial charge in [-0.25, -0.2) is 0 Å². The first-order valence-corrected chi connectivity index (χ1v) is 8.54. The highest BCUT2D eigenvalue weighted by molar-refractivity contribution is 5.98. The molecule has 4 heteroatoms. The Hall–Kier alpha value is -3.27. The predicted molar refractivity (Wildman–Crippen MR) is 106 cm³/mol. The van der Waals surface area contributed by atoms with E-state index < -0.39 is 0 Å². The minimum Gasteiger partial charge on any atom is -0.497 e. The van der Waals surface area contributed by atoms with Gasteiger partial charge in [0.15, 0.2) is 0 Å². The molecule has 0 aliphatic carbocycles. The third-order valence-corrected chi connectivity index (χ3v) is 4.66. The summed E-state index contributed by atoms with van der Waals surface area (Å²) in [6, 6.07) is 20.0. The Labute approximate surface area is 152 Å². The number of anilines is 1. The number of aromatic nitrogens is 1. The topological polar surface area (TPSA) is 43.3 Å². The highest BCUT2D eigenvalue weighted by Gasteiger charge is 2.12. The van der Waals surface area contributed by atoms with Gasteiger partial charge in [-0.15, -0.1) is 0 Å². The van der Waals surface area contributed by atoms with E-state index in [0.717, 1.165) is 38.7 Å². The van der Waals surface area contributed by atoms with E-state index in [9.17, 15) is 4.79 Å². The normalized spacial score (nSPS) is 11.0. The number of aryl methyl sites for hydroxylation is 1. The number of benzene rings is 3. The summed E-state index contributed by atoms with van der Waals surface area (Å²) >= 11 is 0. The first-order valence-electron chi connectivity index (χ1n) is 8.54. The number of fused-ring (bicyclic) bond motifs is 2. The standard InChI is InChI=1S/C22H20N2O2/c1-24-14-17(20-13-19(26-2)9-10-21(20)24)12-22(25)23-18-8-7-15-5-3-4-6-16(15)11-18/h3-11,13-14H,12H2,1-2H3,(H,23,25). The molecule has 1 heterocycles.